The topological polar surface area (TPSA) is 47.2 Å². The first-order chi connectivity index (χ1) is 14.0. The molecule has 1 amide bonds. The Bertz CT molecular complexity index is 793. The highest BCUT2D eigenvalue weighted by atomic mass is 16.5. The molecule has 2 aromatic carbocycles. The summed E-state index contributed by atoms with van der Waals surface area (Å²) in [6.07, 6.45) is 1.06. The van der Waals surface area contributed by atoms with Gasteiger partial charge in [0.2, 0.25) is 0 Å². The molecule has 1 aliphatic rings. The van der Waals surface area contributed by atoms with Crippen LogP contribution in [0.5, 0.6) is 5.75 Å². The fourth-order valence-electron chi connectivity index (χ4n) is 4.02. The first-order valence-corrected chi connectivity index (χ1v) is 10.7. The molecule has 1 fully saturated rings. The molecule has 0 aromatic heterocycles. The van der Waals surface area contributed by atoms with Crippen LogP contribution >= 0.6 is 0 Å². The van der Waals surface area contributed by atoms with Crippen molar-refractivity contribution in [2.75, 3.05) is 51.2 Å². The number of carbonyl (C=O) groups is 1. The first-order valence-electron chi connectivity index (χ1n) is 10.7. The number of carbonyl (C=O) groups excluding carboxylic acids is 1. The molecule has 1 heterocycles. The number of aryl methyl sites for hydroxylation is 3. The lowest BCUT2D eigenvalue weighted by molar-refractivity contribution is -1.01. The van der Waals surface area contributed by atoms with Gasteiger partial charge in [-0.3, -0.25) is 4.79 Å². The fourth-order valence-corrected chi connectivity index (χ4v) is 4.02. The van der Waals surface area contributed by atoms with Gasteiger partial charge in [-0.25, -0.2) is 0 Å². The third-order valence-corrected chi connectivity index (χ3v) is 5.75. The van der Waals surface area contributed by atoms with E-state index in [-0.39, 0.29) is 5.91 Å². The maximum absolute atomic E-state index is 12.5. The number of hydrogen-bond acceptors (Lipinski definition) is 2. The van der Waals surface area contributed by atoms with E-state index in [4.69, 9.17) is 4.74 Å². The van der Waals surface area contributed by atoms with Gasteiger partial charge in [0.05, 0.1) is 13.2 Å². The van der Waals surface area contributed by atoms with Crippen molar-refractivity contribution in [3.8, 4) is 5.75 Å². The number of piperazine rings is 1. The lowest BCUT2D eigenvalue weighted by Crippen LogP contribution is -3.28. The molecular weight excluding hydrogens is 362 g/mol. The van der Waals surface area contributed by atoms with E-state index in [0.717, 1.165) is 68.3 Å². The van der Waals surface area contributed by atoms with Gasteiger partial charge in [-0.05, 0) is 49.6 Å². The quantitative estimate of drug-likeness (QED) is 0.577. The van der Waals surface area contributed by atoms with Crippen LogP contribution in [-0.2, 0) is 4.79 Å². The van der Waals surface area contributed by atoms with Crippen molar-refractivity contribution in [3.63, 3.8) is 0 Å². The number of para-hydroxylation sites is 1. The maximum Gasteiger partial charge on any atom is 0.279 e. The molecule has 0 unspecified atom stereocenters. The average molecular weight is 398 g/mol. The number of ether oxygens (including phenoxy) is 1. The number of amides is 1. The van der Waals surface area contributed by atoms with Crippen molar-refractivity contribution in [1.29, 1.82) is 0 Å². The molecule has 29 heavy (non-hydrogen) atoms. The smallest absolute Gasteiger partial charge is 0.279 e. The van der Waals surface area contributed by atoms with Gasteiger partial charge in [0.25, 0.3) is 5.91 Å². The van der Waals surface area contributed by atoms with Crippen LogP contribution in [0.25, 0.3) is 0 Å². The van der Waals surface area contributed by atoms with Crippen LogP contribution in [0.3, 0.4) is 0 Å². The number of hydrogen-bond donors (Lipinski definition) is 3. The van der Waals surface area contributed by atoms with E-state index >= 15 is 0 Å². The van der Waals surface area contributed by atoms with Crippen LogP contribution in [-0.4, -0.2) is 51.8 Å². The Hall–Kier alpha value is -2.37. The highest BCUT2D eigenvalue weighted by Crippen LogP contribution is 2.18. The molecule has 0 bridgehead atoms. The van der Waals surface area contributed by atoms with Crippen molar-refractivity contribution < 1.29 is 19.3 Å². The van der Waals surface area contributed by atoms with Gasteiger partial charge in [0, 0.05) is 12.1 Å². The Kier molecular flexibility index (Phi) is 7.67. The normalized spacial score (nSPS) is 19.0. The molecule has 5 heteroatoms. The Morgan fingerprint density at radius 3 is 2.31 bits per heavy atom. The van der Waals surface area contributed by atoms with Gasteiger partial charge in [-0.2, -0.15) is 0 Å². The molecule has 0 radical (unpaired) electrons. The molecule has 2 aromatic rings. The zero-order valence-corrected chi connectivity index (χ0v) is 18.0. The van der Waals surface area contributed by atoms with Crippen LogP contribution in [0, 0.1) is 20.8 Å². The van der Waals surface area contributed by atoms with Crippen LogP contribution < -0.4 is 19.9 Å². The Morgan fingerprint density at radius 1 is 0.966 bits per heavy atom. The molecule has 0 spiro atoms. The minimum atomic E-state index is 0.118. The van der Waals surface area contributed by atoms with Crippen LogP contribution in [0.15, 0.2) is 42.5 Å². The van der Waals surface area contributed by atoms with Crippen molar-refractivity contribution in [1.82, 2.24) is 0 Å². The zero-order chi connectivity index (χ0) is 20.6. The Morgan fingerprint density at radius 2 is 1.62 bits per heavy atom. The summed E-state index contributed by atoms with van der Waals surface area (Å²) in [5.74, 6) is 1.08. The predicted octanol–water partition coefficient (Wildman–Crippen LogP) is 0.803. The second-order valence-corrected chi connectivity index (χ2v) is 8.26. The predicted molar refractivity (Wildman–Crippen MR) is 117 cm³/mol. The third-order valence-electron chi connectivity index (χ3n) is 5.75. The second-order valence-electron chi connectivity index (χ2n) is 8.26. The Balaban J connectivity index is 1.33. The highest BCUT2D eigenvalue weighted by Gasteiger charge is 2.24. The van der Waals surface area contributed by atoms with E-state index in [9.17, 15) is 4.79 Å². The summed E-state index contributed by atoms with van der Waals surface area (Å²) >= 11 is 0. The molecule has 0 aliphatic carbocycles. The molecule has 3 N–H and O–H groups in total. The van der Waals surface area contributed by atoms with Gasteiger partial charge in [0.1, 0.15) is 31.9 Å². The summed E-state index contributed by atoms with van der Waals surface area (Å²) < 4.78 is 5.86. The van der Waals surface area contributed by atoms with Crippen LogP contribution in [0.1, 0.15) is 23.1 Å². The van der Waals surface area contributed by atoms with E-state index in [1.54, 1.807) is 4.90 Å². The summed E-state index contributed by atoms with van der Waals surface area (Å²) in [5.41, 5.74) is 4.44. The van der Waals surface area contributed by atoms with E-state index in [0.29, 0.717) is 6.54 Å². The number of anilines is 1. The SMILES string of the molecule is Cc1cccc(OCCC[NH+]2CC[NH+](CC(=O)Nc3c(C)cccc3C)CC2)c1. The van der Waals surface area contributed by atoms with Crippen molar-refractivity contribution in [3.05, 3.63) is 59.2 Å². The van der Waals surface area contributed by atoms with Gasteiger partial charge >= 0.3 is 0 Å². The number of quaternary nitrogens is 2. The summed E-state index contributed by atoms with van der Waals surface area (Å²) in [5, 5.41) is 3.12. The highest BCUT2D eigenvalue weighted by molar-refractivity contribution is 5.93. The Labute approximate surface area is 174 Å². The largest absolute Gasteiger partial charge is 0.493 e. The molecule has 0 saturated carbocycles. The van der Waals surface area contributed by atoms with Crippen molar-refractivity contribution in [2.45, 2.75) is 27.2 Å². The molecule has 156 valence electrons. The van der Waals surface area contributed by atoms with E-state index in [1.807, 2.05) is 44.2 Å². The number of benzene rings is 2. The average Bonchev–Trinajstić information content (AvgIpc) is 2.69. The van der Waals surface area contributed by atoms with Gasteiger partial charge in [0.15, 0.2) is 6.54 Å². The summed E-state index contributed by atoms with van der Waals surface area (Å²) in [6, 6.07) is 14.3. The monoisotopic (exact) mass is 397 g/mol. The summed E-state index contributed by atoms with van der Waals surface area (Å²) in [7, 11) is 0. The maximum atomic E-state index is 12.5. The molecule has 0 atom stereocenters. The lowest BCUT2D eigenvalue weighted by atomic mass is 10.1. The third kappa shape index (κ3) is 6.58. The molecule has 1 saturated heterocycles. The number of nitrogens with one attached hydrogen (secondary N) is 3. The minimum absolute atomic E-state index is 0.118. The number of rotatable bonds is 8. The van der Waals surface area contributed by atoms with Crippen LogP contribution in [0.4, 0.5) is 5.69 Å². The van der Waals surface area contributed by atoms with E-state index in [2.05, 4.69) is 24.4 Å². The van der Waals surface area contributed by atoms with Crippen molar-refractivity contribution >= 4 is 11.6 Å². The van der Waals surface area contributed by atoms with E-state index in [1.165, 1.54) is 10.5 Å². The minimum Gasteiger partial charge on any atom is -0.493 e. The van der Waals surface area contributed by atoms with Gasteiger partial charge in [-0.15, -0.1) is 0 Å². The molecule has 3 rings (SSSR count). The standard InChI is InChI=1S/C24H33N3O2/c1-19-7-4-10-22(17-19)29-16-6-11-26-12-14-27(15-13-26)18-23(28)25-24-20(2)8-5-9-21(24)3/h4-5,7-10,17H,6,11-16,18H2,1-3H3,(H,25,28)/p+2. The first kappa shape index (κ1) is 21.3. The second kappa shape index (κ2) is 10.4. The van der Waals surface area contributed by atoms with Gasteiger partial charge < -0.3 is 19.9 Å². The molecular formula is C24H35N3O2+2. The molecule has 1 aliphatic heterocycles. The van der Waals surface area contributed by atoms with Gasteiger partial charge in [-0.1, -0.05) is 30.3 Å². The summed E-state index contributed by atoms with van der Waals surface area (Å²) in [6.45, 7) is 13.0. The fraction of sp³-hybridized carbons (Fsp3) is 0.458. The van der Waals surface area contributed by atoms with E-state index < -0.39 is 0 Å². The van der Waals surface area contributed by atoms with Crippen molar-refractivity contribution in [2.24, 2.45) is 0 Å². The molecule has 5 nitrogen and oxygen atoms in total. The van der Waals surface area contributed by atoms with Crippen LogP contribution in [0.2, 0.25) is 0 Å². The summed E-state index contributed by atoms with van der Waals surface area (Å²) in [4.78, 5) is 15.5. The lowest BCUT2D eigenvalue weighted by Gasteiger charge is -2.29. The zero-order valence-electron chi connectivity index (χ0n) is 18.0.